The first-order valence-electron chi connectivity index (χ1n) is 7.40. The maximum absolute atomic E-state index is 12.5. The Balaban J connectivity index is 1.78. The molecule has 1 aliphatic rings. The summed E-state index contributed by atoms with van der Waals surface area (Å²) in [6.07, 6.45) is 0. The van der Waals surface area contributed by atoms with Crippen LogP contribution in [0.2, 0.25) is 0 Å². The van der Waals surface area contributed by atoms with E-state index in [1.165, 1.54) is 5.39 Å². The number of rotatable bonds is 2. The SMILES string of the molecule is O=C1CS[C@H](c2cccc(Br)c2)N1c1ccc2ccccc2c1. The van der Waals surface area contributed by atoms with E-state index in [9.17, 15) is 4.79 Å². The molecule has 0 aromatic heterocycles. The van der Waals surface area contributed by atoms with Crippen LogP contribution in [0.5, 0.6) is 0 Å². The topological polar surface area (TPSA) is 20.3 Å². The number of benzene rings is 3. The van der Waals surface area contributed by atoms with E-state index in [1.54, 1.807) is 11.8 Å². The molecule has 0 radical (unpaired) electrons. The summed E-state index contributed by atoms with van der Waals surface area (Å²) in [5, 5.41) is 2.37. The summed E-state index contributed by atoms with van der Waals surface area (Å²) in [6.45, 7) is 0. The highest BCUT2D eigenvalue weighted by Gasteiger charge is 2.34. The lowest BCUT2D eigenvalue weighted by Crippen LogP contribution is -2.27. The smallest absolute Gasteiger partial charge is 0.238 e. The third kappa shape index (κ3) is 2.77. The van der Waals surface area contributed by atoms with Crippen LogP contribution in [0, 0.1) is 0 Å². The normalized spacial score (nSPS) is 17.9. The fraction of sp³-hybridized carbons (Fsp3) is 0.105. The van der Waals surface area contributed by atoms with Crippen molar-refractivity contribution >= 4 is 50.1 Å². The second-order valence-electron chi connectivity index (χ2n) is 5.51. The standard InChI is InChI=1S/C19H14BrNOS/c20-16-7-3-6-15(10-16)19-21(18(22)12-23-19)17-9-8-13-4-1-2-5-14(13)11-17/h1-11,19H,12H2/t19-/m1/s1. The molecule has 1 aliphatic heterocycles. The Hall–Kier alpha value is -1.78. The second kappa shape index (κ2) is 6.02. The first-order chi connectivity index (χ1) is 11.2. The number of hydrogen-bond acceptors (Lipinski definition) is 2. The van der Waals surface area contributed by atoms with Crippen molar-refractivity contribution in [3.63, 3.8) is 0 Å². The number of amides is 1. The van der Waals surface area contributed by atoms with Crippen molar-refractivity contribution < 1.29 is 4.79 Å². The third-order valence-corrected chi connectivity index (χ3v) is 5.72. The maximum atomic E-state index is 12.5. The van der Waals surface area contributed by atoms with Crippen LogP contribution in [0.4, 0.5) is 5.69 Å². The molecular formula is C19H14BrNOS. The summed E-state index contributed by atoms with van der Waals surface area (Å²) in [6, 6.07) is 22.6. The summed E-state index contributed by atoms with van der Waals surface area (Å²) in [4.78, 5) is 14.4. The molecule has 114 valence electrons. The van der Waals surface area contributed by atoms with Gasteiger partial charge in [-0.05, 0) is 40.6 Å². The van der Waals surface area contributed by atoms with E-state index < -0.39 is 0 Å². The molecule has 1 atom stereocenters. The van der Waals surface area contributed by atoms with Crippen LogP contribution < -0.4 is 4.90 Å². The van der Waals surface area contributed by atoms with Gasteiger partial charge in [0.05, 0.1) is 5.75 Å². The number of anilines is 1. The van der Waals surface area contributed by atoms with Gasteiger partial charge in [-0.3, -0.25) is 9.69 Å². The molecule has 0 aliphatic carbocycles. The maximum Gasteiger partial charge on any atom is 0.238 e. The zero-order valence-corrected chi connectivity index (χ0v) is 14.7. The van der Waals surface area contributed by atoms with E-state index in [-0.39, 0.29) is 11.3 Å². The molecule has 0 N–H and O–H groups in total. The summed E-state index contributed by atoms with van der Waals surface area (Å²) in [7, 11) is 0. The van der Waals surface area contributed by atoms with Gasteiger partial charge in [-0.25, -0.2) is 0 Å². The van der Waals surface area contributed by atoms with Crippen molar-refractivity contribution in [1.29, 1.82) is 0 Å². The first-order valence-corrected chi connectivity index (χ1v) is 9.24. The van der Waals surface area contributed by atoms with E-state index >= 15 is 0 Å². The molecule has 4 rings (SSSR count). The lowest BCUT2D eigenvalue weighted by molar-refractivity contribution is -0.115. The van der Waals surface area contributed by atoms with Crippen molar-refractivity contribution in [2.45, 2.75) is 5.37 Å². The first kappa shape index (κ1) is 14.8. The molecule has 23 heavy (non-hydrogen) atoms. The van der Waals surface area contributed by atoms with E-state index in [1.807, 2.05) is 35.2 Å². The van der Waals surface area contributed by atoms with Gasteiger partial charge >= 0.3 is 0 Å². The largest absolute Gasteiger partial charge is 0.295 e. The minimum atomic E-state index is 0.0289. The number of halogens is 1. The molecule has 2 nitrogen and oxygen atoms in total. The second-order valence-corrected chi connectivity index (χ2v) is 7.50. The van der Waals surface area contributed by atoms with Gasteiger partial charge in [0.1, 0.15) is 5.37 Å². The van der Waals surface area contributed by atoms with Crippen molar-refractivity contribution in [2.24, 2.45) is 0 Å². The Kier molecular flexibility index (Phi) is 3.87. The molecule has 1 heterocycles. The molecule has 0 saturated carbocycles. The number of hydrogen-bond donors (Lipinski definition) is 0. The fourth-order valence-electron chi connectivity index (χ4n) is 2.94. The van der Waals surface area contributed by atoms with Crippen molar-refractivity contribution in [3.8, 4) is 0 Å². The van der Waals surface area contributed by atoms with Crippen molar-refractivity contribution in [2.75, 3.05) is 10.7 Å². The molecule has 1 fully saturated rings. The molecule has 1 amide bonds. The lowest BCUT2D eigenvalue weighted by atomic mass is 10.1. The Morgan fingerprint density at radius 3 is 2.61 bits per heavy atom. The van der Waals surface area contributed by atoms with Gasteiger partial charge in [-0.1, -0.05) is 58.4 Å². The lowest BCUT2D eigenvalue weighted by Gasteiger charge is -2.25. The van der Waals surface area contributed by atoms with E-state index in [0.717, 1.165) is 21.1 Å². The van der Waals surface area contributed by atoms with Gasteiger partial charge in [0.15, 0.2) is 0 Å². The van der Waals surface area contributed by atoms with Crippen LogP contribution in [0.3, 0.4) is 0 Å². The highest BCUT2D eigenvalue weighted by atomic mass is 79.9. The Morgan fingerprint density at radius 1 is 0.957 bits per heavy atom. The van der Waals surface area contributed by atoms with Crippen LogP contribution in [0.1, 0.15) is 10.9 Å². The zero-order valence-electron chi connectivity index (χ0n) is 12.3. The molecule has 1 saturated heterocycles. The zero-order chi connectivity index (χ0) is 15.8. The van der Waals surface area contributed by atoms with Gasteiger partial charge < -0.3 is 0 Å². The fourth-order valence-corrected chi connectivity index (χ4v) is 4.52. The van der Waals surface area contributed by atoms with Crippen molar-refractivity contribution in [1.82, 2.24) is 0 Å². The minimum absolute atomic E-state index is 0.0289. The average molecular weight is 384 g/mol. The van der Waals surface area contributed by atoms with Gasteiger partial charge in [-0.2, -0.15) is 0 Å². The van der Waals surface area contributed by atoms with Gasteiger partial charge in [0.2, 0.25) is 5.91 Å². The Bertz CT molecular complexity index is 895. The molecule has 3 aromatic carbocycles. The van der Waals surface area contributed by atoms with Gasteiger partial charge in [-0.15, -0.1) is 11.8 Å². The number of carbonyl (C=O) groups is 1. The molecule has 0 unspecified atom stereocenters. The summed E-state index contributed by atoms with van der Waals surface area (Å²) >= 11 is 5.20. The number of fused-ring (bicyclic) bond motifs is 1. The van der Waals surface area contributed by atoms with E-state index in [2.05, 4.69) is 52.3 Å². The Morgan fingerprint density at radius 2 is 1.78 bits per heavy atom. The minimum Gasteiger partial charge on any atom is -0.295 e. The number of thioether (sulfide) groups is 1. The highest BCUT2D eigenvalue weighted by Crippen LogP contribution is 2.42. The molecule has 4 heteroatoms. The summed E-state index contributed by atoms with van der Waals surface area (Å²) < 4.78 is 1.04. The van der Waals surface area contributed by atoms with Gasteiger partial charge in [0, 0.05) is 10.2 Å². The molecule has 3 aromatic rings. The molecule has 0 bridgehead atoms. The number of carbonyl (C=O) groups excluding carboxylic acids is 1. The monoisotopic (exact) mass is 383 g/mol. The molecule has 0 spiro atoms. The Labute approximate surface area is 147 Å². The quantitative estimate of drug-likeness (QED) is 0.591. The average Bonchev–Trinajstić information content (AvgIpc) is 2.96. The third-order valence-electron chi connectivity index (χ3n) is 4.01. The predicted octanol–water partition coefficient (Wildman–Crippen LogP) is 5.38. The van der Waals surface area contributed by atoms with Crippen molar-refractivity contribution in [3.05, 3.63) is 76.8 Å². The van der Waals surface area contributed by atoms with Crippen LogP contribution in [-0.4, -0.2) is 11.7 Å². The number of nitrogens with zero attached hydrogens (tertiary/aromatic N) is 1. The van der Waals surface area contributed by atoms with Gasteiger partial charge in [0.25, 0.3) is 0 Å². The van der Waals surface area contributed by atoms with Crippen LogP contribution >= 0.6 is 27.7 Å². The predicted molar refractivity (Wildman–Crippen MR) is 101 cm³/mol. The van der Waals surface area contributed by atoms with Crippen LogP contribution in [0.25, 0.3) is 10.8 Å². The van der Waals surface area contributed by atoms with Crippen LogP contribution in [0.15, 0.2) is 71.2 Å². The summed E-state index contributed by atoms with van der Waals surface area (Å²) in [5.74, 6) is 0.680. The van der Waals surface area contributed by atoms with Crippen LogP contribution in [-0.2, 0) is 4.79 Å². The van der Waals surface area contributed by atoms with E-state index in [4.69, 9.17) is 0 Å². The summed E-state index contributed by atoms with van der Waals surface area (Å²) in [5.41, 5.74) is 2.10. The molecular weight excluding hydrogens is 370 g/mol. The van der Waals surface area contributed by atoms with E-state index in [0.29, 0.717) is 5.75 Å². The highest BCUT2D eigenvalue weighted by molar-refractivity contribution is 9.10.